The van der Waals surface area contributed by atoms with E-state index < -0.39 is 0 Å². The number of methoxy groups -OCH3 is 2. The summed E-state index contributed by atoms with van der Waals surface area (Å²) in [4.78, 5) is 22.3. The molecule has 5 heteroatoms. The van der Waals surface area contributed by atoms with E-state index in [4.69, 9.17) is 4.74 Å². The van der Waals surface area contributed by atoms with E-state index in [-0.39, 0.29) is 19.4 Å². The summed E-state index contributed by atoms with van der Waals surface area (Å²) in [6, 6.07) is 11.2. The molecule has 0 amide bonds. The first-order valence-electron chi connectivity index (χ1n) is 8.90. The lowest BCUT2D eigenvalue weighted by Gasteiger charge is -2.27. The van der Waals surface area contributed by atoms with Gasteiger partial charge >= 0.3 is 11.9 Å². The predicted molar refractivity (Wildman–Crippen MR) is 116 cm³/mol. The number of esters is 2. The molecule has 1 aliphatic carbocycles. The number of hydrogen-bond acceptors (Lipinski definition) is 4. The van der Waals surface area contributed by atoms with E-state index in [1.807, 2.05) is 25.1 Å². The zero-order valence-corrected chi connectivity index (χ0v) is 17.8. The third-order valence-corrected chi connectivity index (χ3v) is 5.70. The largest absolute Gasteiger partial charge is 0.465 e. The zero-order valence-electron chi connectivity index (χ0n) is 16.2. The Labute approximate surface area is 176 Å². The van der Waals surface area contributed by atoms with Gasteiger partial charge in [0.2, 0.25) is 0 Å². The quantitative estimate of drug-likeness (QED) is 0.522. The molecule has 0 unspecified atom stereocenters. The zero-order chi connectivity index (χ0) is 20.0. The number of ether oxygens (including phenoxy) is 2. The molecule has 0 bridgehead atoms. The smallest absolute Gasteiger partial charge is 0.337 e. The molecule has 0 aliphatic heterocycles. The van der Waals surface area contributed by atoms with Gasteiger partial charge in [-0.25, -0.2) is 9.59 Å². The predicted octanol–water partition coefficient (Wildman–Crippen LogP) is 6.23. The van der Waals surface area contributed by atoms with Crippen molar-refractivity contribution in [3.05, 3.63) is 68.7 Å². The van der Waals surface area contributed by atoms with Gasteiger partial charge in [-0.1, -0.05) is 35.8 Å². The van der Waals surface area contributed by atoms with E-state index in [1.165, 1.54) is 44.6 Å². The van der Waals surface area contributed by atoms with Gasteiger partial charge in [-0.2, -0.15) is 0 Å². The molecule has 0 N–H and O–H groups in total. The van der Waals surface area contributed by atoms with Gasteiger partial charge in [-0.05, 0) is 79.6 Å². The minimum Gasteiger partial charge on any atom is -0.465 e. The standard InChI is InChI=1S/C13H16O2.C9H9BrO2.CH4/c1-9-8-11(13(14)15-2)6-7-12(9)10-4-3-5-10;1-6-5-7(9(11)12-2)3-4-8(6)10;/h6-8,10H,3-5H2,1-2H3;3-5H,1-2H3;1H4. The van der Waals surface area contributed by atoms with Gasteiger partial charge in [0, 0.05) is 4.47 Å². The van der Waals surface area contributed by atoms with Gasteiger partial charge in [-0.15, -0.1) is 0 Å². The Morgan fingerprint density at radius 3 is 1.79 bits per heavy atom. The lowest BCUT2D eigenvalue weighted by atomic mass is 9.78. The number of aryl methyl sites for hydroxylation is 2. The van der Waals surface area contributed by atoms with Crippen LogP contribution in [0.4, 0.5) is 0 Å². The lowest BCUT2D eigenvalue weighted by molar-refractivity contribution is 0.0591. The van der Waals surface area contributed by atoms with Gasteiger partial charge in [-0.3, -0.25) is 0 Å². The van der Waals surface area contributed by atoms with Crippen LogP contribution in [-0.2, 0) is 9.47 Å². The van der Waals surface area contributed by atoms with Crippen molar-refractivity contribution < 1.29 is 19.1 Å². The highest BCUT2D eigenvalue weighted by atomic mass is 79.9. The van der Waals surface area contributed by atoms with Crippen LogP contribution in [0.15, 0.2) is 40.9 Å². The molecule has 3 rings (SSSR count). The fourth-order valence-electron chi connectivity index (χ4n) is 2.99. The second-order valence-electron chi connectivity index (χ2n) is 6.65. The molecule has 1 aliphatic rings. The van der Waals surface area contributed by atoms with Crippen LogP contribution in [0.1, 0.15) is 70.0 Å². The molecule has 2 aromatic rings. The number of benzene rings is 2. The van der Waals surface area contributed by atoms with Gasteiger partial charge in [0.15, 0.2) is 0 Å². The van der Waals surface area contributed by atoms with E-state index >= 15 is 0 Å². The van der Waals surface area contributed by atoms with Crippen LogP contribution < -0.4 is 0 Å². The summed E-state index contributed by atoms with van der Waals surface area (Å²) in [7, 11) is 2.79. The van der Waals surface area contributed by atoms with Crippen LogP contribution >= 0.6 is 15.9 Å². The van der Waals surface area contributed by atoms with Crippen molar-refractivity contribution in [2.75, 3.05) is 14.2 Å². The van der Waals surface area contributed by atoms with Crippen molar-refractivity contribution >= 4 is 27.9 Å². The Kier molecular flexibility index (Phi) is 9.39. The normalized spacial score (nSPS) is 12.6. The summed E-state index contributed by atoms with van der Waals surface area (Å²) >= 11 is 3.35. The molecule has 1 fully saturated rings. The Morgan fingerprint density at radius 1 is 0.893 bits per heavy atom. The molecule has 0 atom stereocenters. The van der Waals surface area contributed by atoms with E-state index in [0.29, 0.717) is 11.1 Å². The van der Waals surface area contributed by atoms with Crippen LogP contribution in [0.2, 0.25) is 0 Å². The first-order valence-corrected chi connectivity index (χ1v) is 9.70. The third-order valence-electron chi connectivity index (χ3n) is 4.81. The monoisotopic (exact) mass is 448 g/mol. The first-order chi connectivity index (χ1) is 12.9. The minimum atomic E-state index is -0.300. The van der Waals surface area contributed by atoms with Crippen molar-refractivity contribution in [1.82, 2.24) is 0 Å². The van der Waals surface area contributed by atoms with Gasteiger partial charge in [0.05, 0.1) is 25.3 Å². The Morgan fingerprint density at radius 2 is 1.39 bits per heavy atom. The Balaban J connectivity index is 0.000000277. The maximum Gasteiger partial charge on any atom is 0.337 e. The molecular formula is C23H29BrO4. The maximum atomic E-state index is 11.3. The molecule has 0 radical (unpaired) electrons. The average molecular weight is 449 g/mol. The highest BCUT2D eigenvalue weighted by Crippen LogP contribution is 2.38. The minimum absolute atomic E-state index is 0. The van der Waals surface area contributed by atoms with Crippen LogP contribution in [0.5, 0.6) is 0 Å². The third kappa shape index (κ3) is 5.93. The SMILES string of the molecule is C.COC(=O)c1ccc(Br)c(C)c1.COC(=O)c1ccc(C2CCC2)c(C)c1. The molecule has 0 spiro atoms. The summed E-state index contributed by atoms with van der Waals surface area (Å²) in [5, 5.41) is 0. The highest BCUT2D eigenvalue weighted by molar-refractivity contribution is 9.10. The van der Waals surface area contributed by atoms with Crippen LogP contribution in [0, 0.1) is 13.8 Å². The number of carbonyl (C=O) groups excluding carboxylic acids is 2. The molecule has 1 saturated carbocycles. The van der Waals surface area contributed by atoms with Crippen molar-refractivity contribution in [3.8, 4) is 0 Å². The summed E-state index contributed by atoms with van der Waals surface area (Å²) in [5.41, 5.74) is 4.87. The van der Waals surface area contributed by atoms with E-state index in [1.54, 1.807) is 12.1 Å². The number of carbonyl (C=O) groups is 2. The second-order valence-corrected chi connectivity index (χ2v) is 7.50. The summed E-state index contributed by atoms with van der Waals surface area (Å²) in [5.74, 6) is 0.167. The maximum absolute atomic E-state index is 11.3. The fraction of sp³-hybridized carbons (Fsp3) is 0.391. The Hall–Kier alpha value is -2.14. The number of rotatable bonds is 3. The molecule has 2 aromatic carbocycles. The van der Waals surface area contributed by atoms with Crippen molar-refractivity contribution in [2.45, 2.75) is 46.5 Å². The summed E-state index contributed by atoms with van der Waals surface area (Å²) < 4.78 is 10.3. The summed E-state index contributed by atoms with van der Waals surface area (Å²) in [6.45, 7) is 4.00. The van der Waals surface area contributed by atoms with Gasteiger partial charge in [0.1, 0.15) is 0 Å². The topological polar surface area (TPSA) is 52.6 Å². The van der Waals surface area contributed by atoms with Crippen molar-refractivity contribution in [1.29, 1.82) is 0 Å². The molecular weight excluding hydrogens is 420 g/mol. The van der Waals surface area contributed by atoms with E-state index in [0.717, 1.165) is 16.0 Å². The number of halogens is 1. The van der Waals surface area contributed by atoms with Gasteiger partial charge in [0.25, 0.3) is 0 Å². The Bertz CT molecular complexity index is 825. The van der Waals surface area contributed by atoms with Crippen LogP contribution in [0.3, 0.4) is 0 Å². The van der Waals surface area contributed by atoms with Crippen molar-refractivity contribution in [2.24, 2.45) is 0 Å². The molecule has 28 heavy (non-hydrogen) atoms. The first kappa shape index (κ1) is 23.9. The molecule has 0 heterocycles. The fourth-order valence-corrected chi connectivity index (χ4v) is 3.23. The van der Waals surface area contributed by atoms with E-state index in [9.17, 15) is 9.59 Å². The van der Waals surface area contributed by atoms with Crippen molar-refractivity contribution in [3.63, 3.8) is 0 Å². The average Bonchev–Trinajstić information content (AvgIpc) is 2.63. The second kappa shape index (κ2) is 11.0. The number of hydrogen-bond donors (Lipinski definition) is 0. The van der Waals surface area contributed by atoms with E-state index in [2.05, 4.69) is 33.7 Å². The molecule has 152 valence electrons. The molecule has 0 saturated heterocycles. The highest BCUT2D eigenvalue weighted by Gasteiger charge is 2.21. The summed E-state index contributed by atoms with van der Waals surface area (Å²) in [6.07, 6.45) is 3.92. The molecule has 0 aromatic heterocycles. The molecule has 4 nitrogen and oxygen atoms in total. The van der Waals surface area contributed by atoms with Crippen LogP contribution in [-0.4, -0.2) is 26.2 Å². The van der Waals surface area contributed by atoms with Crippen LogP contribution in [0.25, 0.3) is 0 Å². The van der Waals surface area contributed by atoms with Gasteiger partial charge < -0.3 is 9.47 Å². The lowest BCUT2D eigenvalue weighted by Crippen LogP contribution is -2.11.